The molecule has 8 heteroatoms. The van der Waals surface area contributed by atoms with Crippen molar-refractivity contribution in [3.63, 3.8) is 0 Å². The van der Waals surface area contributed by atoms with Crippen molar-refractivity contribution in [2.45, 2.75) is 12.8 Å². The molecular weight excluding hydrogens is 501 g/mol. The summed E-state index contributed by atoms with van der Waals surface area (Å²) in [7, 11) is 3.21. The predicted molar refractivity (Wildman–Crippen MR) is 113 cm³/mol. The first-order valence-corrected chi connectivity index (χ1v) is 8.85. The molecule has 0 amide bonds. The van der Waals surface area contributed by atoms with Gasteiger partial charge in [0, 0.05) is 24.6 Å². The number of esters is 1. The van der Waals surface area contributed by atoms with Crippen LogP contribution in [0.1, 0.15) is 12.8 Å². The van der Waals surface area contributed by atoms with Crippen molar-refractivity contribution in [3.05, 3.63) is 28.7 Å². The summed E-state index contributed by atoms with van der Waals surface area (Å²) < 4.78 is 11.5. The molecule has 0 atom stereocenters. The first-order chi connectivity index (χ1) is 11.6. The van der Waals surface area contributed by atoms with Crippen molar-refractivity contribution < 1.29 is 14.3 Å². The topological polar surface area (TPSA) is 63.2 Å². The Balaban J connectivity index is 0.00000312. The van der Waals surface area contributed by atoms with Gasteiger partial charge in [0.1, 0.15) is 12.4 Å². The van der Waals surface area contributed by atoms with Gasteiger partial charge in [-0.1, -0.05) is 15.9 Å². The number of hydrogen-bond acceptors (Lipinski definition) is 4. The van der Waals surface area contributed by atoms with Crippen LogP contribution in [-0.2, 0) is 9.53 Å². The van der Waals surface area contributed by atoms with Gasteiger partial charge in [-0.15, -0.1) is 24.0 Å². The molecule has 1 N–H and O–H groups in total. The van der Waals surface area contributed by atoms with E-state index in [0.717, 1.165) is 42.1 Å². The molecule has 140 valence electrons. The number of carbonyl (C=O) groups is 1. The summed E-state index contributed by atoms with van der Waals surface area (Å²) in [6.07, 6.45) is 1.59. The third-order valence-electron chi connectivity index (χ3n) is 4.01. The average Bonchev–Trinajstić information content (AvgIpc) is 2.63. The van der Waals surface area contributed by atoms with Crippen LogP contribution in [0.5, 0.6) is 5.75 Å². The maximum absolute atomic E-state index is 11.6. The monoisotopic (exact) mass is 525 g/mol. The lowest BCUT2D eigenvalue weighted by Gasteiger charge is -2.33. The molecule has 1 saturated heterocycles. The van der Waals surface area contributed by atoms with E-state index in [2.05, 4.69) is 31.1 Å². The molecule has 1 fully saturated rings. The lowest BCUT2D eigenvalue weighted by atomic mass is 9.97. The molecule has 1 aliphatic rings. The number of carbonyl (C=O) groups excluding carboxylic acids is 1. The molecule has 1 aliphatic heterocycles. The Morgan fingerprint density at radius 2 is 1.96 bits per heavy atom. The van der Waals surface area contributed by atoms with E-state index in [1.54, 1.807) is 7.05 Å². The van der Waals surface area contributed by atoms with Gasteiger partial charge in [-0.25, -0.2) is 0 Å². The standard InChI is InChI=1S/C17H24BrN3O3.HI/c1-19-17(21-10-7-13(8-11-21)16(22)23-2)20-9-12-24-15-5-3-14(18)4-6-15;/h3-6,13H,7-12H2,1-2H3,(H,19,20);1H. The van der Waals surface area contributed by atoms with E-state index in [0.29, 0.717) is 13.2 Å². The zero-order chi connectivity index (χ0) is 17.4. The van der Waals surface area contributed by atoms with E-state index in [4.69, 9.17) is 9.47 Å². The Bertz CT molecular complexity index is 561. The molecule has 6 nitrogen and oxygen atoms in total. The summed E-state index contributed by atoms with van der Waals surface area (Å²) in [5.41, 5.74) is 0. The van der Waals surface area contributed by atoms with E-state index < -0.39 is 0 Å². The van der Waals surface area contributed by atoms with Crippen LogP contribution in [0.2, 0.25) is 0 Å². The number of nitrogens with one attached hydrogen (secondary N) is 1. The van der Waals surface area contributed by atoms with E-state index in [1.165, 1.54) is 7.11 Å². The second-order valence-electron chi connectivity index (χ2n) is 5.56. The molecule has 1 aromatic carbocycles. The molecule has 0 saturated carbocycles. The summed E-state index contributed by atoms with van der Waals surface area (Å²) in [6.45, 7) is 2.82. The Hall–Kier alpha value is -1.03. The quantitative estimate of drug-likeness (QED) is 0.210. The number of likely N-dealkylation sites (tertiary alicyclic amines) is 1. The zero-order valence-electron chi connectivity index (χ0n) is 14.5. The average molecular weight is 526 g/mol. The van der Waals surface area contributed by atoms with Crippen molar-refractivity contribution in [1.29, 1.82) is 0 Å². The molecule has 2 rings (SSSR count). The molecule has 0 unspecified atom stereocenters. The van der Waals surface area contributed by atoms with Gasteiger partial charge in [0.15, 0.2) is 5.96 Å². The molecule has 1 aromatic rings. The number of benzene rings is 1. The summed E-state index contributed by atoms with van der Waals surface area (Å²) in [5.74, 6) is 1.58. The number of methoxy groups -OCH3 is 1. The number of halogens is 2. The maximum Gasteiger partial charge on any atom is 0.308 e. The van der Waals surface area contributed by atoms with E-state index >= 15 is 0 Å². The minimum Gasteiger partial charge on any atom is -0.492 e. The van der Waals surface area contributed by atoms with Crippen molar-refractivity contribution in [3.8, 4) is 5.75 Å². The van der Waals surface area contributed by atoms with E-state index in [9.17, 15) is 4.79 Å². The van der Waals surface area contributed by atoms with Crippen LogP contribution in [0, 0.1) is 5.92 Å². The van der Waals surface area contributed by atoms with Crippen molar-refractivity contribution >= 4 is 51.8 Å². The van der Waals surface area contributed by atoms with Crippen molar-refractivity contribution in [2.75, 3.05) is 40.4 Å². The number of ether oxygens (including phenoxy) is 2. The van der Waals surface area contributed by atoms with Crippen LogP contribution in [0.15, 0.2) is 33.7 Å². The number of hydrogen-bond donors (Lipinski definition) is 1. The predicted octanol–water partition coefficient (Wildman–Crippen LogP) is 2.91. The minimum atomic E-state index is -0.111. The van der Waals surface area contributed by atoms with Crippen LogP contribution in [-0.4, -0.2) is 57.2 Å². The largest absolute Gasteiger partial charge is 0.492 e. The molecule has 25 heavy (non-hydrogen) atoms. The highest BCUT2D eigenvalue weighted by Gasteiger charge is 2.26. The first-order valence-electron chi connectivity index (χ1n) is 8.06. The summed E-state index contributed by atoms with van der Waals surface area (Å²) >= 11 is 3.40. The number of piperidine rings is 1. The highest BCUT2D eigenvalue weighted by molar-refractivity contribution is 14.0. The molecule has 0 spiro atoms. The van der Waals surface area contributed by atoms with Gasteiger partial charge in [-0.05, 0) is 37.1 Å². The second kappa shape index (κ2) is 11.6. The van der Waals surface area contributed by atoms with Gasteiger partial charge in [-0.3, -0.25) is 9.79 Å². The Morgan fingerprint density at radius 3 is 2.52 bits per heavy atom. The van der Waals surface area contributed by atoms with Gasteiger partial charge in [0.05, 0.1) is 19.6 Å². The van der Waals surface area contributed by atoms with Crippen LogP contribution in [0.3, 0.4) is 0 Å². The SMILES string of the molecule is CN=C(NCCOc1ccc(Br)cc1)N1CCC(C(=O)OC)CC1.I. The highest BCUT2D eigenvalue weighted by Crippen LogP contribution is 2.18. The molecule has 0 aromatic heterocycles. The minimum absolute atomic E-state index is 0. The fourth-order valence-corrected chi connectivity index (χ4v) is 2.95. The zero-order valence-corrected chi connectivity index (χ0v) is 18.5. The highest BCUT2D eigenvalue weighted by atomic mass is 127. The fraction of sp³-hybridized carbons (Fsp3) is 0.529. The first kappa shape index (κ1) is 22.0. The lowest BCUT2D eigenvalue weighted by Crippen LogP contribution is -2.47. The summed E-state index contributed by atoms with van der Waals surface area (Å²) in [4.78, 5) is 18.1. The molecule has 0 bridgehead atoms. The second-order valence-corrected chi connectivity index (χ2v) is 6.48. The van der Waals surface area contributed by atoms with E-state index in [1.807, 2.05) is 24.3 Å². The van der Waals surface area contributed by atoms with Crippen LogP contribution < -0.4 is 10.1 Å². The Morgan fingerprint density at radius 1 is 1.32 bits per heavy atom. The molecule has 1 heterocycles. The smallest absolute Gasteiger partial charge is 0.308 e. The number of rotatable bonds is 5. The molecule has 0 aliphatic carbocycles. The Kier molecular flexibility index (Phi) is 10.2. The third-order valence-corrected chi connectivity index (χ3v) is 4.54. The third kappa shape index (κ3) is 7.01. The fourth-order valence-electron chi connectivity index (χ4n) is 2.69. The number of guanidine groups is 1. The van der Waals surface area contributed by atoms with Gasteiger partial charge in [0.2, 0.25) is 0 Å². The van der Waals surface area contributed by atoms with Crippen molar-refractivity contribution in [1.82, 2.24) is 10.2 Å². The van der Waals surface area contributed by atoms with Gasteiger partial charge in [-0.2, -0.15) is 0 Å². The maximum atomic E-state index is 11.6. The number of aliphatic imine (C=N–C) groups is 1. The van der Waals surface area contributed by atoms with Gasteiger partial charge >= 0.3 is 5.97 Å². The Labute approximate surface area is 174 Å². The van der Waals surface area contributed by atoms with Crippen molar-refractivity contribution in [2.24, 2.45) is 10.9 Å². The normalized spacial score (nSPS) is 15.3. The van der Waals surface area contributed by atoms with Gasteiger partial charge < -0.3 is 19.7 Å². The van der Waals surface area contributed by atoms with Crippen LogP contribution in [0.25, 0.3) is 0 Å². The number of nitrogens with zero attached hydrogens (tertiary/aromatic N) is 2. The van der Waals surface area contributed by atoms with E-state index in [-0.39, 0.29) is 35.9 Å². The van der Waals surface area contributed by atoms with Crippen LogP contribution >= 0.6 is 39.9 Å². The summed E-state index contributed by atoms with van der Waals surface area (Å²) in [6, 6.07) is 7.76. The summed E-state index contributed by atoms with van der Waals surface area (Å²) in [5, 5.41) is 3.30. The molecule has 0 radical (unpaired) electrons. The van der Waals surface area contributed by atoms with Gasteiger partial charge in [0.25, 0.3) is 0 Å². The van der Waals surface area contributed by atoms with Crippen LogP contribution in [0.4, 0.5) is 0 Å². The lowest BCUT2D eigenvalue weighted by molar-refractivity contribution is -0.146. The molecular formula is C17H25BrIN3O3.